The summed E-state index contributed by atoms with van der Waals surface area (Å²) in [7, 11) is 0. The van der Waals surface area contributed by atoms with Crippen molar-refractivity contribution < 1.29 is 19.1 Å². The lowest BCUT2D eigenvalue weighted by Crippen LogP contribution is -2.31. The second-order valence-corrected chi connectivity index (χ2v) is 5.75. The summed E-state index contributed by atoms with van der Waals surface area (Å²) in [6.45, 7) is 1.85. The summed E-state index contributed by atoms with van der Waals surface area (Å²) in [5.74, 6) is -0.940. The minimum Gasteiger partial charge on any atom is -0.481 e. The number of aromatic nitrogens is 1. The molecule has 7 heteroatoms. The Kier molecular flexibility index (Phi) is 5.81. The summed E-state index contributed by atoms with van der Waals surface area (Å²) in [4.78, 5) is 28.4. The molecule has 0 fully saturated rings. The fraction of sp³-hybridized carbons (Fsp3) is 0.312. The minimum absolute atomic E-state index is 0.198. The lowest BCUT2D eigenvalue weighted by atomic mass is 10.0. The van der Waals surface area contributed by atoms with E-state index in [2.05, 4.69) is 10.3 Å². The third kappa shape index (κ3) is 4.35. The van der Waals surface area contributed by atoms with Crippen LogP contribution in [0.4, 0.5) is 0 Å². The molecule has 1 aromatic heterocycles. The number of carboxylic acids is 1. The third-order valence-corrected chi connectivity index (χ3v) is 4.12. The molecule has 1 aromatic carbocycles. The molecule has 1 atom stereocenters. The molecule has 0 saturated carbocycles. The maximum absolute atomic E-state index is 12.3. The van der Waals surface area contributed by atoms with Crippen molar-refractivity contribution in [1.82, 2.24) is 10.3 Å². The number of oxazole rings is 1. The number of nitrogens with zero attached hydrogens (tertiary/aromatic N) is 1. The molecular weight excluding hydrogens is 316 g/mol. The summed E-state index contributed by atoms with van der Waals surface area (Å²) >= 11 is 1.59. The number of thioether (sulfide) groups is 1. The van der Waals surface area contributed by atoms with Crippen LogP contribution in [-0.2, 0) is 11.2 Å². The van der Waals surface area contributed by atoms with Gasteiger partial charge in [-0.1, -0.05) is 19.1 Å². The van der Waals surface area contributed by atoms with E-state index in [0.29, 0.717) is 12.2 Å². The Morgan fingerprint density at radius 1 is 1.35 bits per heavy atom. The number of carbonyl (C=O) groups is 2. The first-order chi connectivity index (χ1) is 11.0. The Hall–Kier alpha value is -2.28. The van der Waals surface area contributed by atoms with Gasteiger partial charge in [0.15, 0.2) is 12.1 Å². The highest BCUT2D eigenvalue weighted by molar-refractivity contribution is 7.98. The third-order valence-electron chi connectivity index (χ3n) is 3.38. The number of carbonyl (C=O) groups excluding carboxylic acids is 1. The minimum atomic E-state index is -0.986. The summed E-state index contributed by atoms with van der Waals surface area (Å²) in [5, 5.41) is 11.8. The average Bonchev–Trinajstić information content (AvgIpc) is 3.02. The quantitative estimate of drug-likeness (QED) is 0.756. The summed E-state index contributed by atoms with van der Waals surface area (Å²) in [6.07, 6.45) is 3.51. The van der Waals surface area contributed by atoms with E-state index in [0.717, 1.165) is 10.5 Å². The molecule has 2 rings (SSSR count). The van der Waals surface area contributed by atoms with Gasteiger partial charge < -0.3 is 14.8 Å². The number of nitrogens with one attached hydrogen (secondary N) is 1. The molecule has 6 nitrogen and oxygen atoms in total. The van der Waals surface area contributed by atoms with Crippen molar-refractivity contribution >= 4 is 23.6 Å². The van der Waals surface area contributed by atoms with Crippen molar-refractivity contribution in [3.05, 3.63) is 47.7 Å². The fourth-order valence-electron chi connectivity index (χ4n) is 2.20. The predicted octanol–water partition coefficient (Wildman–Crippen LogP) is 2.90. The molecule has 0 aliphatic heterocycles. The van der Waals surface area contributed by atoms with E-state index in [1.165, 1.54) is 6.39 Å². The largest absolute Gasteiger partial charge is 0.481 e. The van der Waals surface area contributed by atoms with Crippen molar-refractivity contribution in [2.75, 3.05) is 6.26 Å². The van der Waals surface area contributed by atoms with E-state index in [-0.39, 0.29) is 12.1 Å². The molecule has 0 bridgehead atoms. The van der Waals surface area contributed by atoms with Crippen LogP contribution in [0.25, 0.3) is 0 Å². The van der Waals surface area contributed by atoms with Gasteiger partial charge in [0.1, 0.15) is 5.76 Å². The highest BCUT2D eigenvalue weighted by Crippen LogP contribution is 2.22. The zero-order chi connectivity index (χ0) is 16.8. The van der Waals surface area contributed by atoms with Crippen LogP contribution in [0.5, 0.6) is 0 Å². The van der Waals surface area contributed by atoms with E-state index in [9.17, 15) is 9.59 Å². The first-order valence-corrected chi connectivity index (χ1v) is 8.36. The van der Waals surface area contributed by atoms with Gasteiger partial charge in [-0.05, 0) is 24.0 Å². The molecular formula is C16H18N2O4S. The van der Waals surface area contributed by atoms with Crippen LogP contribution in [0.15, 0.2) is 40.0 Å². The number of hydrogen-bond acceptors (Lipinski definition) is 5. The van der Waals surface area contributed by atoms with Gasteiger partial charge in [-0.25, -0.2) is 4.98 Å². The Balaban J connectivity index is 2.21. The van der Waals surface area contributed by atoms with Crippen molar-refractivity contribution in [2.24, 2.45) is 0 Å². The SMILES string of the molecule is CCc1ocnc1C(=O)NC(CC(=O)O)c1ccc(SC)cc1. The first kappa shape index (κ1) is 17.1. The molecule has 1 unspecified atom stereocenters. The monoisotopic (exact) mass is 334 g/mol. The fourth-order valence-corrected chi connectivity index (χ4v) is 2.60. The molecule has 0 saturated heterocycles. The maximum atomic E-state index is 12.3. The molecule has 23 heavy (non-hydrogen) atoms. The molecule has 1 amide bonds. The van der Waals surface area contributed by atoms with Crippen LogP contribution in [-0.4, -0.2) is 28.2 Å². The van der Waals surface area contributed by atoms with Crippen LogP contribution >= 0.6 is 11.8 Å². The van der Waals surface area contributed by atoms with Gasteiger partial charge in [0.25, 0.3) is 5.91 Å². The van der Waals surface area contributed by atoms with E-state index in [1.54, 1.807) is 11.8 Å². The van der Waals surface area contributed by atoms with Crippen molar-refractivity contribution in [3.8, 4) is 0 Å². The Bertz CT molecular complexity index is 682. The molecule has 0 aliphatic carbocycles. The summed E-state index contributed by atoms with van der Waals surface area (Å²) in [6, 6.07) is 6.81. The van der Waals surface area contributed by atoms with Gasteiger partial charge in [0, 0.05) is 11.3 Å². The van der Waals surface area contributed by atoms with E-state index >= 15 is 0 Å². The normalized spacial score (nSPS) is 11.9. The number of amides is 1. The van der Waals surface area contributed by atoms with Crippen molar-refractivity contribution in [2.45, 2.75) is 30.7 Å². The summed E-state index contributed by atoms with van der Waals surface area (Å²) in [5.41, 5.74) is 0.934. The number of carboxylic acid groups (broad SMARTS) is 1. The van der Waals surface area contributed by atoms with Gasteiger partial charge in [0.2, 0.25) is 0 Å². The number of benzene rings is 1. The lowest BCUT2D eigenvalue weighted by molar-refractivity contribution is -0.137. The van der Waals surface area contributed by atoms with Gasteiger partial charge >= 0.3 is 5.97 Å². The van der Waals surface area contributed by atoms with E-state index in [1.807, 2.05) is 37.4 Å². The predicted molar refractivity (Wildman–Crippen MR) is 86.6 cm³/mol. The maximum Gasteiger partial charge on any atom is 0.305 e. The standard InChI is InChI=1S/C16H18N2O4S/c1-3-13-15(17-9-22-13)16(21)18-12(8-14(19)20)10-4-6-11(23-2)7-5-10/h4-7,9,12H,3,8H2,1-2H3,(H,18,21)(H,19,20). The van der Waals surface area contributed by atoms with Gasteiger partial charge in [-0.2, -0.15) is 0 Å². The molecule has 2 N–H and O–H groups in total. The van der Waals surface area contributed by atoms with Gasteiger partial charge in [-0.15, -0.1) is 11.8 Å². The van der Waals surface area contributed by atoms with Crippen LogP contribution < -0.4 is 5.32 Å². The molecule has 0 radical (unpaired) electrons. The van der Waals surface area contributed by atoms with Crippen LogP contribution in [0.3, 0.4) is 0 Å². The smallest absolute Gasteiger partial charge is 0.305 e. The van der Waals surface area contributed by atoms with E-state index in [4.69, 9.17) is 9.52 Å². The Labute approximate surface area is 138 Å². The highest BCUT2D eigenvalue weighted by atomic mass is 32.2. The lowest BCUT2D eigenvalue weighted by Gasteiger charge is -2.17. The van der Waals surface area contributed by atoms with Crippen LogP contribution in [0.2, 0.25) is 0 Å². The molecule has 1 heterocycles. The Morgan fingerprint density at radius 3 is 2.61 bits per heavy atom. The van der Waals surface area contributed by atoms with Crippen LogP contribution in [0.1, 0.15) is 41.2 Å². The topological polar surface area (TPSA) is 92.4 Å². The Morgan fingerprint density at radius 2 is 2.04 bits per heavy atom. The number of aliphatic carboxylic acids is 1. The van der Waals surface area contributed by atoms with Gasteiger partial charge in [0.05, 0.1) is 12.5 Å². The second kappa shape index (κ2) is 7.82. The molecule has 0 aliphatic rings. The highest BCUT2D eigenvalue weighted by Gasteiger charge is 2.22. The number of rotatable bonds is 7. The summed E-state index contributed by atoms with van der Waals surface area (Å²) < 4.78 is 5.14. The molecule has 122 valence electrons. The zero-order valence-electron chi connectivity index (χ0n) is 12.9. The van der Waals surface area contributed by atoms with Crippen molar-refractivity contribution in [1.29, 1.82) is 0 Å². The zero-order valence-corrected chi connectivity index (χ0v) is 13.7. The van der Waals surface area contributed by atoms with E-state index < -0.39 is 17.9 Å². The second-order valence-electron chi connectivity index (χ2n) is 4.87. The molecule has 2 aromatic rings. The van der Waals surface area contributed by atoms with Crippen LogP contribution in [0, 0.1) is 0 Å². The first-order valence-electron chi connectivity index (χ1n) is 7.14. The van der Waals surface area contributed by atoms with Gasteiger partial charge in [-0.3, -0.25) is 9.59 Å². The molecule has 0 spiro atoms. The van der Waals surface area contributed by atoms with Crippen molar-refractivity contribution in [3.63, 3.8) is 0 Å². The average molecular weight is 334 g/mol. The number of aryl methyl sites for hydroxylation is 1. The number of hydrogen-bond donors (Lipinski definition) is 2.